The average molecular weight is 196 g/mol. The highest BCUT2D eigenvalue weighted by Gasteiger charge is 2.31. The first-order valence-electron chi connectivity index (χ1n) is 5.68. The summed E-state index contributed by atoms with van der Waals surface area (Å²) >= 11 is 0. The number of hydrogen-bond acceptors (Lipinski definition) is 2. The Balaban J connectivity index is 2.79. The lowest BCUT2D eigenvalue weighted by molar-refractivity contribution is 0.0669. The van der Waals surface area contributed by atoms with Crippen molar-refractivity contribution in [1.82, 2.24) is 9.80 Å². The Morgan fingerprint density at radius 1 is 0.786 bits per heavy atom. The van der Waals surface area contributed by atoms with Gasteiger partial charge in [-0.25, -0.2) is 0 Å². The first-order valence-corrected chi connectivity index (χ1v) is 5.68. The first-order chi connectivity index (χ1) is 6.45. The number of hydrogen-bond donors (Lipinski definition) is 0. The van der Waals surface area contributed by atoms with Crippen molar-refractivity contribution in [1.29, 1.82) is 0 Å². The predicted molar refractivity (Wildman–Crippen MR) is 61.7 cm³/mol. The van der Waals surface area contributed by atoms with Gasteiger partial charge in [0.25, 0.3) is 0 Å². The van der Waals surface area contributed by atoms with Crippen LogP contribution in [0.15, 0.2) is 12.4 Å². The minimum Gasteiger partial charge on any atom is -0.353 e. The molecule has 1 aliphatic heterocycles. The maximum absolute atomic E-state index is 2.45. The monoisotopic (exact) mass is 196 g/mol. The minimum atomic E-state index is 0.537. The van der Waals surface area contributed by atoms with Crippen LogP contribution in [0.1, 0.15) is 41.5 Å². The molecule has 0 aromatic rings. The van der Waals surface area contributed by atoms with E-state index in [1.165, 1.54) is 0 Å². The fourth-order valence-corrected chi connectivity index (χ4v) is 2.13. The molecular weight excluding hydrogens is 172 g/mol. The summed E-state index contributed by atoms with van der Waals surface area (Å²) in [5.74, 6) is 0.662. The van der Waals surface area contributed by atoms with Crippen molar-refractivity contribution in [3.05, 3.63) is 12.4 Å². The van der Waals surface area contributed by atoms with Gasteiger partial charge in [0.1, 0.15) is 6.17 Å². The summed E-state index contributed by atoms with van der Waals surface area (Å²) in [5.41, 5.74) is 0. The van der Waals surface area contributed by atoms with E-state index in [2.05, 4.69) is 63.7 Å². The molecule has 0 fully saturated rings. The molecule has 1 rings (SSSR count). The van der Waals surface area contributed by atoms with Crippen molar-refractivity contribution < 1.29 is 0 Å². The van der Waals surface area contributed by atoms with Gasteiger partial charge >= 0.3 is 0 Å². The van der Waals surface area contributed by atoms with Crippen molar-refractivity contribution in [3.63, 3.8) is 0 Å². The van der Waals surface area contributed by atoms with Crippen LogP contribution in [0.25, 0.3) is 0 Å². The van der Waals surface area contributed by atoms with Gasteiger partial charge in [-0.3, -0.25) is 0 Å². The summed E-state index contributed by atoms with van der Waals surface area (Å²) in [4.78, 5) is 4.90. The highest BCUT2D eigenvalue weighted by atomic mass is 15.4. The maximum atomic E-state index is 2.45. The molecule has 0 bridgehead atoms. The normalized spacial score (nSPS) is 18.4. The molecular formula is C12H24N2. The molecule has 0 aromatic heterocycles. The Kier molecular flexibility index (Phi) is 3.46. The first kappa shape index (κ1) is 11.4. The third-order valence-corrected chi connectivity index (χ3v) is 2.81. The van der Waals surface area contributed by atoms with Gasteiger partial charge in [-0.05, 0) is 33.6 Å². The van der Waals surface area contributed by atoms with Crippen LogP contribution in [0.5, 0.6) is 0 Å². The minimum absolute atomic E-state index is 0.537. The van der Waals surface area contributed by atoms with Crippen molar-refractivity contribution in [3.8, 4) is 0 Å². The Hall–Kier alpha value is -0.660. The molecule has 0 aromatic carbocycles. The molecule has 0 radical (unpaired) electrons. The van der Waals surface area contributed by atoms with Gasteiger partial charge < -0.3 is 9.80 Å². The molecule has 2 nitrogen and oxygen atoms in total. The smallest absolute Gasteiger partial charge is 0.103 e. The van der Waals surface area contributed by atoms with Crippen LogP contribution in [0.3, 0.4) is 0 Å². The third kappa shape index (κ3) is 2.05. The molecule has 0 atom stereocenters. The van der Waals surface area contributed by atoms with Crippen LogP contribution in [0, 0.1) is 5.92 Å². The summed E-state index contributed by atoms with van der Waals surface area (Å²) in [5, 5.41) is 0. The van der Waals surface area contributed by atoms with Crippen LogP contribution in [0.4, 0.5) is 0 Å². The van der Waals surface area contributed by atoms with E-state index in [-0.39, 0.29) is 0 Å². The Morgan fingerprint density at radius 3 is 1.36 bits per heavy atom. The van der Waals surface area contributed by atoms with Gasteiger partial charge in [0, 0.05) is 24.5 Å². The van der Waals surface area contributed by atoms with Crippen LogP contribution in [0.2, 0.25) is 0 Å². The number of rotatable bonds is 3. The standard InChI is InChI=1S/C12H24N2/c1-9(2)12-13(10(3)4)7-8-14(12)11(5)6/h7-12H,1-6H3. The molecule has 82 valence electrons. The van der Waals surface area contributed by atoms with Crippen molar-refractivity contribution in [2.45, 2.75) is 59.8 Å². The molecule has 0 saturated heterocycles. The Morgan fingerprint density at radius 2 is 1.14 bits per heavy atom. The summed E-state index contributed by atoms with van der Waals surface area (Å²) < 4.78 is 0. The van der Waals surface area contributed by atoms with Crippen molar-refractivity contribution in [2.24, 2.45) is 5.92 Å². The Labute approximate surface area is 88.6 Å². The molecule has 1 aliphatic rings. The highest BCUT2D eigenvalue weighted by Crippen LogP contribution is 2.26. The molecule has 2 heteroatoms. The van der Waals surface area contributed by atoms with E-state index in [1.54, 1.807) is 0 Å². The summed E-state index contributed by atoms with van der Waals surface area (Å²) in [6.45, 7) is 13.6. The molecule has 0 spiro atoms. The van der Waals surface area contributed by atoms with E-state index in [9.17, 15) is 0 Å². The van der Waals surface area contributed by atoms with E-state index in [0.29, 0.717) is 24.2 Å². The SMILES string of the molecule is CC(C)C1N(C(C)C)C=CN1C(C)C. The molecule has 0 saturated carbocycles. The van der Waals surface area contributed by atoms with E-state index in [4.69, 9.17) is 0 Å². The second-order valence-corrected chi connectivity index (χ2v) is 5.04. The van der Waals surface area contributed by atoms with E-state index in [1.807, 2.05) is 0 Å². The van der Waals surface area contributed by atoms with Gasteiger partial charge in [-0.2, -0.15) is 0 Å². The topological polar surface area (TPSA) is 6.48 Å². The fourth-order valence-electron chi connectivity index (χ4n) is 2.13. The molecule has 0 aliphatic carbocycles. The van der Waals surface area contributed by atoms with Gasteiger partial charge in [0.15, 0.2) is 0 Å². The van der Waals surface area contributed by atoms with Crippen LogP contribution in [-0.2, 0) is 0 Å². The summed E-state index contributed by atoms with van der Waals surface area (Å²) in [6, 6.07) is 1.17. The molecule has 0 amide bonds. The zero-order valence-corrected chi connectivity index (χ0v) is 10.4. The molecule has 1 heterocycles. The van der Waals surface area contributed by atoms with Gasteiger partial charge in [0.2, 0.25) is 0 Å². The summed E-state index contributed by atoms with van der Waals surface area (Å²) in [6.07, 6.45) is 5.00. The largest absolute Gasteiger partial charge is 0.353 e. The van der Waals surface area contributed by atoms with Gasteiger partial charge in [-0.1, -0.05) is 13.8 Å². The van der Waals surface area contributed by atoms with E-state index in [0.717, 1.165) is 0 Å². The predicted octanol–water partition coefficient (Wildman–Crippen LogP) is 2.87. The van der Waals surface area contributed by atoms with Gasteiger partial charge in [-0.15, -0.1) is 0 Å². The zero-order valence-electron chi connectivity index (χ0n) is 10.4. The lowest BCUT2D eigenvalue weighted by Gasteiger charge is -2.39. The lowest BCUT2D eigenvalue weighted by atomic mass is 10.1. The van der Waals surface area contributed by atoms with Gasteiger partial charge in [0.05, 0.1) is 0 Å². The maximum Gasteiger partial charge on any atom is 0.103 e. The molecule has 0 N–H and O–H groups in total. The number of nitrogens with zero attached hydrogens (tertiary/aromatic N) is 2. The van der Waals surface area contributed by atoms with Crippen LogP contribution < -0.4 is 0 Å². The van der Waals surface area contributed by atoms with Crippen LogP contribution >= 0.6 is 0 Å². The van der Waals surface area contributed by atoms with Crippen molar-refractivity contribution >= 4 is 0 Å². The van der Waals surface area contributed by atoms with Crippen LogP contribution in [-0.4, -0.2) is 28.0 Å². The second kappa shape index (κ2) is 4.24. The zero-order chi connectivity index (χ0) is 10.9. The summed E-state index contributed by atoms with van der Waals surface area (Å²) in [7, 11) is 0. The van der Waals surface area contributed by atoms with Crippen molar-refractivity contribution in [2.75, 3.05) is 0 Å². The van der Waals surface area contributed by atoms with E-state index < -0.39 is 0 Å². The second-order valence-electron chi connectivity index (χ2n) is 5.04. The Bertz CT molecular complexity index is 188. The highest BCUT2D eigenvalue weighted by molar-refractivity contribution is 5.00. The third-order valence-electron chi connectivity index (χ3n) is 2.81. The molecule has 14 heavy (non-hydrogen) atoms. The average Bonchev–Trinajstić information content (AvgIpc) is 2.46. The quantitative estimate of drug-likeness (QED) is 0.685. The lowest BCUT2D eigenvalue weighted by Crippen LogP contribution is -2.47. The fraction of sp³-hybridized carbons (Fsp3) is 0.833. The van der Waals surface area contributed by atoms with E-state index >= 15 is 0 Å². The molecule has 0 unspecified atom stereocenters.